The molecule has 0 aromatic carbocycles. The number of carbonyl (C=O) groups excluding carboxylic acids is 1. The smallest absolute Gasteiger partial charge is 0.305 e. The molecule has 2 nitrogen and oxygen atoms in total. The highest BCUT2D eigenvalue weighted by Gasteiger charge is 2.21. The molecule has 0 N–H and O–H groups in total. The first-order valence-corrected chi connectivity index (χ1v) is 8.77. The molecular formula is C18H35FO2. The minimum Gasteiger partial charge on any atom is -0.469 e. The lowest BCUT2D eigenvalue weighted by atomic mass is 9.93. The van der Waals surface area contributed by atoms with Crippen molar-refractivity contribution in [2.45, 2.75) is 103 Å². The highest BCUT2D eigenvalue weighted by Crippen LogP contribution is 2.26. The predicted molar refractivity (Wildman–Crippen MR) is 87.2 cm³/mol. The zero-order chi connectivity index (χ0) is 16.0. The zero-order valence-electron chi connectivity index (χ0n) is 14.4. The second kappa shape index (κ2) is 13.1. The summed E-state index contributed by atoms with van der Waals surface area (Å²) in [6.07, 6.45) is 12.9. The van der Waals surface area contributed by atoms with Crippen LogP contribution in [0.5, 0.6) is 0 Å². The molecule has 0 aromatic rings. The Morgan fingerprint density at radius 1 is 0.905 bits per heavy atom. The van der Waals surface area contributed by atoms with Gasteiger partial charge in [-0.2, -0.15) is 0 Å². The quantitative estimate of drug-likeness (QED) is 0.291. The van der Waals surface area contributed by atoms with Crippen LogP contribution in [-0.2, 0) is 9.53 Å². The maximum atomic E-state index is 14.3. The average molecular weight is 302 g/mol. The number of ether oxygens (including phenoxy) is 1. The number of hydrogen-bond acceptors (Lipinski definition) is 2. The van der Waals surface area contributed by atoms with Gasteiger partial charge in [0.1, 0.15) is 5.67 Å². The molecule has 1 atom stereocenters. The summed E-state index contributed by atoms with van der Waals surface area (Å²) in [5.41, 5.74) is -0.988. The zero-order valence-corrected chi connectivity index (χ0v) is 14.4. The van der Waals surface area contributed by atoms with Crippen molar-refractivity contribution >= 4 is 5.97 Å². The SMILES string of the molecule is CCCCCCCC(C)(F)CCCCCCCC(=O)OC. The van der Waals surface area contributed by atoms with Crippen molar-refractivity contribution in [2.24, 2.45) is 0 Å². The van der Waals surface area contributed by atoms with Gasteiger partial charge in [0, 0.05) is 6.42 Å². The van der Waals surface area contributed by atoms with E-state index in [2.05, 4.69) is 11.7 Å². The Morgan fingerprint density at radius 2 is 1.38 bits per heavy atom. The lowest BCUT2D eigenvalue weighted by Gasteiger charge is -2.20. The summed E-state index contributed by atoms with van der Waals surface area (Å²) in [7, 11) is 1.42. The molecule has 0 bridgehead atoms. The van der Waals surface area contributed by atoms with Crippen LogP contribution in [0.3, 0.4) is 0 Å². The van der Waals surface area contributed by atoms with Crippen LogP contribution in [0.2, 0.25) is 0 Å². The molecule has 0 aliphatic heterocycles. The summed E-state index contributed by atoms with van der Waals surface area (Å²) >= 11 is 0. The molecule has 0 aliphatic rings. The van der Waals surface area contributed by atoms with Gasteiger partial charge in [0.05, 0.1) is 7.11 Å². The van der Waals surface area contributed by atoms with Crippen molar-refractivity contribution in [1.29, 1.82) is 0 Å². The standard InChI is InChI=1S/C18H35FO2/c1-4-5-6-9-12-15-18(2,19)16-13-10-7-8-11-14-17(20)21-3/h4-16H2,1-3H3. The third-order valence-electron chi connectivity index (χ3n) is 4.11. The van der Waals surface area contributed by atoms with Crippen LogP contribution < -0.4 is 0 Å². The van der Waals surface area contributed by atoms with E-state index in [1.807, 2.05) is 0 Å². The van der Waals surface area contributed by atoms with Crippen molar-refractivity contribution in [3.63, 3.8) is 0 Å². The van der Waals surface area contributed by atoms with Crippen LogP contribution >= 0.6 is 0 Å². The topological polar surface area (TPSA) is 26.3 Å². The second-order valence-electron chi connectivity index (χ2n) is 6.42. The number of rotatable bonds is 14. The lowest BCUT2D eigenvalue weighted by molar-refractivity contribution is -0.140. The van der Waals surface area contributed by atoms with Crippen molar-refractivity contribution in [1.82, 2.24) is 0 Å². The first kappa shape index (κ1) is 20.4. The van der Waals surface area contributed by atoms with Crippen LogP contribution in [0.1, 0.15) is 97.3 Å². The van der Waals surface area contributed by atoms with Crippen molar-refractivity contribution < 1.29 is 13.9 Å². The monoisotopic (exact) mass is 302 g/mol. The first-order chi connectivity index (χ1) is 10.0. The lowest BCUT2D eigenvalue weighted by Crippen LogP contribution is -2.17. The molecule has 1 unspecified atom stereocenters. The van der Waals surface area contributed by atoms with Gasteiger partial charge in [-0.25, -0.2) is 4.39 Å². The van der Waals surface area contributed by atoms with E-state index in [4.69, 9.17) is 0 Å². The number of esters is 1. The number of methoxy groups -OCH3 is 1. The van der Waals surface area contributed by atoms with Crippen LogP contribution in [0.15, 0.2) is 0 Å². The summed E-state index contributed by atoms with van der Waals surface area (Å²) in [6, 6.07) is 0. The van der Waals surface area contributed by atoms with Gasteiger partial charge in [-0.05, 0) is 26.2 Å². The van der Waals surface area contributed by atoms with Gasteiger partial charge < -0.3 is 4.74 Å². The van der Waals surface area contributed by atoms with Crippen LogP contribution in [-0.4, -0.2) is 18.7 Å². The minimum absolute atomic E-state index is 0.130. The fourth-order valence-corrected chi connectivity index (χ4v) is 2.62. The fraction of sp³-hybridized carbons (Fsp3) is 0.944. The molecule has 0 radical (unpaired) electrons. The molecule has 0 saturated heterocycles. The van der Waals surface area contributed by atoms with E-state index in [0.29, 0.717) is 19.3 Å². The summed E-state index contributed by atoms with van der Waals surface area (Å²) in [6.45, 7) is 3.95. The average Bonchev–Trinajstić information content (AvgIpc) is 2.45. The van der Waals surface area contributed by atoms with Crippen LogP contribution in [0.4, 0.5) is 4.39 Å². The number of hydrogen-bond donors (Lipinski definition) is 0. The third kappa shape index (κ3) is 14.1. The molecule has 0 fully saturated rings. The summed E-state index contributed by atoms with van der Waals surface area (Å²) in [4.78, 5) is 10.9. The number of alkyl halides is 1. The number of unbranched alkanes of at least 4 members (excludes halogenated alkanes) is 8. The Hall–Kier alpha value is -0.600. The number of halogens is 1. The highest BCUT2D eigenvalue weighted by atomic mass is 19.1. The maximum absolute atomic E-state index is 14.3. The van der Waals surface area contributed by atoms with Gasteiger partial charge in [0.2, 0.25) is 0 Å². The Bertz CT molecular complexity index is 252. The first-order valence-electron chi connectivity index (χ1n) is 8.77. The third-order valence-corrected chi connectivity index (χ3v) is 4.11. The van der Waals surface area contributed by atoms with Crippen LogP contribution in [0.25, 0.3) is 0 Å². The van der Waals surface area contributed by atoms with E-state index >= 15 is 0 Å². The second-order valence-corrected chi connectivity index (χ2v) is 6.42. The molecule has 126 valence electrons. The maximum Gasteiger partial charge on any atom is 0.305 e. The van der Waals surface area contributed by atoms with Gasteiger partial charge in [0.15, 0.2) is 0 Å². The van der Waals surface area contributed by atoms with E-state index < -0.39 is 5.67 Å². The van der Waals surface area contributed by atoms with Gasteiger partial charge in [-0.15, -0.1) is 0 Å². The highest BCUT2D eigenvalue weighted by molar-refractivity contribution is 5.68. The van der Waals surface area contributed by atoms with E-state index in [1.54, 1.807) is 6.92 Å². The van der Waals surface area contributed by atoms with Crippen molar-refractivity contribution in [2.75, 3.05) is 7.11 Å². The Morgan fingerprint density at radius 3 is 1.90 bits per heavy atom. The predicted octanol–water partition coefficient (Wildman–Crippen LogP) is 5.98. The van der Waals surface area contributed by atoms with Crippen molar-refractivity contribution in [3.8, 4) is 0 Å². The molecule has 0 amide bonds. The largest absolute Gasteiger partial charge is 0.469 e. The molecule has 21 heavy (non-hydrogen) atoms. The molecule has 0 rings (SSSR count). The van der Waals surface area contributed by atoms with E-state index in [0.717, 1.165) is 38.5 Å². The van der Waals surface area contributed by atoms with Crippen molar-refractivity contribution in [3.05, 3.63) is 0 Å². The van der Waals surface area contributed by atoms with E-state index in [9.17, 15) is 9.18 Å². The van der Waals surface area contributed by atoms with Gasteiger partial charge in [-0.3, -0.25) is 4.79 Å². The molecule has 0 heterocycles. The fourth-order valence-electron chi connectivity index (χ4n) is 2.62. The molecule has 3 heteroatoms. The van der Waals surface area contributed by atoms with E-state index in [1.165, 1.54) is 32.8 Å². The van der Waals surface area contributed by atoms with Gasteiger partial charge in [0.25, 0.3) is 0 Å². The molecule has 0 spiro atoms. The normalized spacial score (nSPS) is 13.9. The summed E-state index contributed by atoms with van der Waals surface area (Å²) in [5, 5.41) is 0. The minimum atomic E-state index is -0.988. The molecule has 0 aromatic heterocycles. The molecule has 0 aliphatic carbocycles. The Balaban J connectivity index is 3.41. The summed E-state index contributed by atoms with van der Waals surface area (Å²) in [5.74, 6) is -0.130. The van der Waals surface area contributed by atoms with Gasteiger partial charge in [-0.1, -0.05) is 64.7 Å². The van der Waals surface area contributed by atoms with E-state index in [-0.39, 0.29) is 5.97 Å². The Labute approximate surface area is 130 Å². The molecule has 0 saturated carbocycles. The number of carbonyl (C=O) groups is 1. The van der Waals surface area contributed by atoms with Gasteiger partial charge >= 0.3 is 5.97 Å². The Kier molecular flexibility index (Phi) is 12.7. The summed E-state index contributed by atoms with van der Waals surface area (Å²) < 4.78 is 18.9. The van der Waals surface area contributed by atoms with Crippen LogP contribution in [0, 0.1) is 0 Å². The molecular weight excluding hydrogens is 267 g/mol.